The topological polar surface area (TPSA) is 84.8 Å². The van der Waals surface area contributed by atoms with Gasteiger partial charge in [-0.2, -0.15) is 0 Å². The summed E-state index contributed by atoms with van der Waals surface area (Å²) in [4.78, 5) is 4.18. The maximum Gasteiger partial charge on any atom is 0.191 e. The van der Waals surface area contributed by atoms with Gasteiger partial charge in [-0.15, -0.1) is 0 Å². The third kappa shape index (κ3) is 6.08. The summed E-state index contributed by atoms with van der Waals surface area (Å²) in [5, 5.41) is 10.5. The van der Waals surface area contributed by atoms with Crippen LogP contribution in [0.4, 0.5) is 0 Å². The number of hydrogen-bond donors (Lipinski definition) is 2. The number of ether oxygens (including phenoxy) is 1. The Balaban J connectivity index is 1.58. The minimum Gasteiger partial charge on any atom is -0.467 e. The highest BCUT2D eigenvalue weighted by Crippen LogP contribution is 2.13. The van der Waals surface area contributed by atoms with Gasteiger partial charge in [-0.05, 0) is 24.5 Å². The number of hydrogen-bond acceptors (Lipinski definition) is 5. The second-order valence-corrected chi connectivity index (χ2v) is 5.71. The highest BCUT2D eigenvalue weighted by Gasteiger charge is 2.08. The first kappa shape index (κ1) is 18.1. The molecule has 0 saturated heterocycles. The van der Waals surface area contributed by atoms with Crippen LogP contribution in [0.5, 0.6) is 0 Å². The Bertz CT molecular complexity index is 605. The molecule has 0 unspecified atom stereocenters. The molecular weight excluding hydrogens is 308 g/mol. The van der Waals surface area contributed by atoms with Crippen molar-refractivity contribution in [1.29, 1.82) is 0 Å². The van der Waals surface area contributed by atoms with Gasteiger partial charge in [-0.3, -0.25) is 4.99 Å². The molecule has 0 aliphatic heterocycles. The number of rotatable bonds is 9. The lowest BCUT2D eigenvalue weighted by Crippen LogP contribution is -2.37. The molecule has 0 aromatic carbocycles. The Labute approximate surface area is 142 Å². The molecule has 2 N–H and O–H groups in total. The van der Waals surface area contributed by atoms with Crippen LogP contribution < -0.4 is 10.6 Å². The van der Waals surface area contributed by atoms with Crippen molar-refractivity contribution in [2.24, 2.45) is 4.99 Å². The van der Waals surface area contributed by atoms with E-state index in [0.29, 0.717) is 25.7 Å². The van der Waals surface area contributed by atoms with Crippen LogP contribution in [-0.4, -0.2) is 31.3 Å². The Morgan fingerprint density at radius 1 is 1.33 bits per heavy atom. The van der Waals surface area contributed by atoms with Gasteiger partial charge in [0.05, 0.1) is 18.5 Å². The zero-order chi connectivity index (χ0) is 17.2. The second kappa shape index (κ2) is 9.77. The van der Waals surface area contributed by atoms with Crippen molar-refractivity contribution in [3.63, 3.8) is 0 Å². The SMILES string of the molecule is CN=C(NCCCOCc1ccco1)NCc1cc(C(C)C)no1. The summed E-state index contributed by atoms with van der Waals surface area (Å²) >= 11 is 0. The van der Waals surface area contributed by atoms with Gasteiger partial charge in [0.25, 0.3) is 0 Å². The summed E-state index contributed by atoms with van der Waals surface area (Å²) in [5.41, 5.74) is 0.962. The zero-order valence-electron chi connectivity index (χ0n) is 14.5. The third-order valence-electron chi connectivity index (χ3n) is 3.40. The second-order valence-electron chi connectivity index (χ2n) is 5.71. The molecule has 0 aliphatic carbocycles. The number of nitrogens with one attached hydrogen (secondary N) is 2. The normalized spacial score (nSPS) is 11.9. The average Bonchev–Trinajstić information content (AvgIpc) is 3.25. The predicted octanol–water partition coefficient (Wildman–Crippen LogP) is 2.66. The molecule has 0 bridgehead atoms. The van der Waals surface area contributed by atoms with Crippen molar-refractivity contribution in [2.45, 2.75) is 39.3 Å². The zero-order valence-corrected chi connectivity index (χ0v) is 14.5. The van der Waals surface area contributed by atoms with Crippen LogP contribution in [0.25, 0.3) is 0 Å². The van der Waals surface area contributed by atoms with Crippen LogP contribution in [0.1, 0.15) is 43.4 Å². The van der Waals surface area contributed by atoms with Crippen LogP contribution in [0.15, 0.2) is 38.4 Å². The van der Waals surface area contributed by atoms with E-state index in [1.807, 2.05) is 18.2 Å². The monoisotopic (exact) mass is 334 g/mol. The molecule has 0 aliphatic rings. The van der Waals surface area contributed by atoms with E-state index in [4.69, 9.17) is 13.7 Å². The van der Waals surface area contributed by atoms with Crippen molar-refractivity contribution in [3.05, 3.63) is 41.7 Å². The van der Waals surface area contributed by atoms with Crippen LogP contribution >= 0.6 is 0 Å². The van der Waals surface area contributed by atoms with Crippen LogP contribution in [0.2, 0.25) is 0 Å². The van der Waals surface area contributed by atoms with Crippen molar-refractivity contribution >= 4 is 5.96 Å². The number of aromatic nitrogens is 1. The first-order valence-electron chi connectivity index (χ1n) is 8.19. The number of guanidine groups is 1. The Kier molecular flexibility index (Phi) is 7.35. The first-order chi connectivity index (χ1) is 11.7. The minimum atomic E-state index is 0.362. The fraction of sp³-hybridized carbons (Fsp3) is 0.529. The van der Waals surface area contributed by atoms with E-state index >= 15 is 0 Å². The molecule has 0 radical (unpaired) electrons. The summed E-state index contributed by atoms with van der Waals surface area (Å²) in [6.45, 7) is 6.65. The molecule has 132 valence electrons. The number of nitrogens with zero attached hydrogens (tertiary/aromatic N) is 2. The van der Waals surface area contributed by atoms with Gasteiger partial charge in [0, 0.05) is 26.3 Å². The van der Waals surface area contributed by atoms with E-state index in [2.05, 4.69) is 34.6 Å². The Morgan fingerprint density at radius 2 is 2.21 bits per heavy atom. The van der Waals surface area contributed by atoms with Gasteiger partial charge in [-0.25, -0.2) is 0 Å². The predicted molar refractivity (Wildman–Crippen MR) is 91.8 cm³/mol. The quantitative estimate of drug-likeness (QED) is 0.417. The van der Waals surface area contributed by atoms with E-state index in [1.165, 1.54) is 0 Å². The van der Waals surface area contributed by atoms with E-state index in [9.17, 15) is 0 Å². The molecule has 2 heterocycles. The minimum absolute atomic E-state index is 0.362. The summed E-state index contributed by atoms with van der Waals surface area (Å²) < 4.78 is 16.0. The first-order valence-corrected chi connectivity index (χ1v) is 8.19. The molecule has 0 spiro atoms. The van der Waals surface area contributed by atoms with Crippen molar-refractivity contribution in [2.75, 3.05) is 20.2 Å². The maximum atomic E-state index is 5.53. The largest absolute Gasteiger partial charge is 0.467 e. The summed E-state index contributed by atoms with van der Waals surface area (Å²) in [6.07, 6.45) is 2.52. The molecule has 7 nitrogen and oxygen atoms in total. The molecule has 0 amide bonds. The summed E-state index contributed by atoms with van der Waals surface area (Å²) in [7, 11) is 1.74. The van der Waals surface area contributed by atoms with Crippen LogP contribution in [0.3, 0.4) is 0 Å². The average molecular weight is 334 g/mol. The summed E-state index contributed by atoms with van der Waals surface area (Å²) in [6, 6.07) is 5.72. The highest BCUT2D eigenvalue weighted by atomic mass is 16.5. The van der Waals surface area contributed by atoms with Crippen LogP contribution in [0, 0.1) is 0 Å². The highest BCUT2D eigenvalue weighted by molar-refractivity contribution is 5.79. The molecule has 0 atom stereocenters. The lowest BCUT2D eigenvalue weighted by molar-refractivity contribution is 0.105. The fourth-order valence-corrected chi connectivity index (χ4v) is 2.02. The molecule has 2 rings (SSSR count). The van der Waals surface area contributed by atoms with Gasteiger partial charge < -0.3 is 24.3 Å². The van der Waals surface area contributed by atoms with E-state index < -0.39 is 0 Å². The Hall–Kier alpha value is -2.28. The van der Waals surface area contributed by atoms with Crippen LogP contribution in [-0.2, 0) is 17.9 Å². The fourth-order valence-electron chi connectivity index (χ4n) is 2.02. The van der Waals surface area contributed by atoms with Crippen molar-refractivity contribution < 1.29 is 13.7 Å². The third-order valence-corrected chi connectivity index (χ3v) is 3.40. The van der Waals surface area contributed by atoms with Crippen molar-refractivity contribution in [3.8, 4) is 0 Å². The smallest absolute Gasteiger partial charge is 0.191 e. The molecule has 7 heteroatoms. The molecule has 0 fully saturated rings. The molecule has 0 saturated carbocycles. The maximum absolute atomic E-state index is 5.53. The van der Waals surface area contributed by atoms with Gasteiger partial charge in [0.2, 0.25) is 0 Å². The van der Waals surface area contributed by atoms with E-state index in [1.54, 1.807) is 13.3 Å². The number of furan rings is 1. The molecular formula is C17H26N4O3. The van der Waals surface area contributed by atoms with Crippen molar-refractivity contribution in [1.82, 2.24) is 15.8 Å². The van der Waals surface area contributed by atoms with Gasteiger partial charge >= 0.3 is 0 Å². The lowest BCUT2D eigenvalue weighted by Gasteiger charge is -2.10. The summed E-state index contributed by atoms with van der Waals surface area (Å²) in [5.74, 6) is 2.72. The standard InChI is InChI=1S/C17H26N4O3/c1-13(2)16-10-15(24-21-16)11-20-17(18-3)19-7-5-8-22-12-14-6-4-9-23-14/h4,6,9-10,13H,5,7-8,11-12H2,1-3H3,(H2,18,19,20). The van der Waals surface area contributed by atoms with E-state index in [0.717, 1.165) is 36.1 Å². The van der Waals surface area contributed by atoms with Gasteiger partial charge in [0.1, 0.15) is 12.4 Å². The molecule has 2 aromatic heterocycles. The molecule has 24 heavy (non-hydrogen) atoms. The van der Waals surface area contributed by atoms with E-state index in [-0.39, 0.29) is 0 Å². The Morgan fingerprint density at radius 3 is 2.88 bits per heavy atom. The lowest BCUT2D eigenvalue weighted by atomic mass is 10.1. The van der Waals surface area contributed by atoms with Gasteiger partial charge in [0.15, 0.2) is 11.7 Å². The molecule has 2 aromatic rings. The van der Waals surface area contributed by atoms with Gasteiger partial charge in [-0.1, -0.05) is 19.0 Å². The number of aliphatic imine (C=N–C) groups is 1.